The van der Waals surface area contributed by atoms with Gasteiger partial charge in [0.2, 0.25) is 0 Å². The molecule has 0 bridgehead atoms. The Morgan fingerprint density at radius 3 is 2.67 bits per heavy atom. The highest BCUT2D eigenvalue weighted by Gasteiger charge is 2.31. The zero-order valence-electron chi connectivity index (χ0n) is 10.1. The molecule has 15 heavy (non-hydrogen) atoms. The van der Waals surface area contributed by atoms with Crippen LogP contribution in [0, 0.1) is 5.41 Å². The molecule has 0 heteroatoms. The van der Waals surface area contributed by atoms with Crippen molar-refractivity contribution in [2.75, 3.05) is 0 Å². The Balaban J connectivity index is 2.23. The third-order valence-electron chi connectivity index (χ3n) is 4.19. The van der Waals surface area contributed by atoms with Crippen molar-refractivity contribution in [3.63, 3.8) is 0 Å². The second-order valence-electron chi connectivity index (χ2n) is 4.98. The van der Waals surface area contributed by atoms with Gasteiger partial charge in [-0.3, -0.25) is 0 Å². The fourth-order valence-electron chi connectivity index (χ4n) is 2.86. The van der Waals surface area contributed by atoms with Crippen molar-refractivity contribution in [2.45, 2.75) is 52.4 Å². The van der Waals surface area contributed by atoms with Crippen LogP contribution in [-0.4, -0.2) is 0 Å². The summed E-state index contributed by atoms with van der Waals surface area (Å²) in [5.41, 5.74) is 3.67. The molecule has 1 atom stereocenters. The van der Waals surface area contributed by atoms with Gasteiger partial charge in [0.05, 0.1) is 0 Å². The molecular formula is C15H22. The average molecular weight is 202 g/mol. The number of allylic oxidation sites excluding steroid dienone is 6. The summed E-state index contributed by atoms with van der Waals surface area (Å²) in [4.78, 5) is 0. The van der Waals surface area contributed by atoms with Crippen LogP contribution in [0.1, 0.15) is 52.4 Å². The van der Waals surface area contributed by atoms with Crippen molar-refractivity contribution in [3.8, 4) is 0 Å². The van der Waals surface area contributed by atoms with Crippen molar-refractivity contribution in [2.24, 2.45) is 5.41 Å². The molecule has 2 aliphatic rings. The standard InChI is InChI=1S/C15H22/c1-3-15(2,14-11-7-8-12-14)13-9-5-4-6-10-13/h7-9,11H,3-6,10,12H2,1-2H3. The summed E-state index contributed by atoms with van der Waals surface area (Å²) in [7, 11) is 0. The molecule has 0 nitrogen and oxygen atoms in total. The summed E-state index contributed by atoms with van der Waals surface area (Å²) in [5.74, 6) is 0. The van der Waals surface area contributed by atoms with Crippen LogP contribution >= 0.6 is 0 Å². The third-order valence-corrected chi connectivity index (χ3v) is 4.19. The maximum absolute atomic E-state index is 2.51. The summed E-state index contributed by atoms with van der Waals surface area (Å²) in [5, 5.41) is 0. The molecule has 0 amide bonds. The van der Waals surface area contributed by atoms with Crippen LogP contribution in [0.4, 0.5) is 0 Å². The van der Waals surface area contributed by atoms with E-state index in [-0.39, 0.29) is 0 Å². The Morgan fingerprint density at radius 1 is 1.27 bits per heavy atom. The predicted molar refractivity (Wildman–Crippen MR) is 66.8 cm³/mol. The molecule has 0 saturated heterocycles. The molecule has 82 valence electrons. The van der Waals surface area contributed by atoms with Gasteiger partial charge in [0, 0.05) is 5.41 Å². The van der Waals surface area contributed by atoms with Gasteiger partial charge in [-0.05, 0) is 38.5 Å². The predicted octanol–water partition coefficient (Wildman–Crippen LogP) is 4.79. The molecule has 2 aliphatic carbocycles. The van der Waals surface area contributed by atoms with Crippen LogP contribution < -0.4 is 0 Å². The Bertz CT molecular complexity index is 317. The van der Waals surface area contributed by atoms with Gasteiger partial charge in [-0.2, -0.15) is 0 Å². The lowest BCUT2D eigenvalue weighted by Crippen LogP contribution is -2.22. The normalized spacial score (nSPS) is 24.7. The second-order valence-corrected chi connectivity index (χ2v) is 4.98. The lowest BCUT2D eigenvalue weighted by molar-refractivity contribution is 0.422. The van der Waals surface area contributed by atoms with E-state index in [0.29, 0.717) is 5.41 Å². The summed E-state index contributed by atoms with van der Waals surface area (Å²) in [6.07, 6.45) is 17.1. The lowest BCUT2D eigenvalue weighted by atomic mass is 9.70. The fraction of sp³-hybridized carbons (Fsp3) is 0.600. The maximum atomic E-state index is 2.51. The topological polar surface area (TPSA) is 0 Å². The van der Waals surface area contributed by atoms with Crippen molar-refractivity contribution in [3.05, 3.63) is 35.5 Å². The minimum absolute atomic E-state index is 0.351. The second kappa shape index (κ2) is 4.38. The van der Waals surface area contributed by atoms with Crippen LogP contribution in [0.15, 0.2) is 35.5 Å². The zero-order valence-corrected chi connectivity index (χ0v) is 10.1. The smallest absolute Gasteiger partial charge is 0.00958 e. The third kappa shape index (κ3) is 1.95. The van der Waals surface area contributed by atoms with Crippen LogP contribution in [-0.2, 0) is 0 Å². The molecule has 0 fully saturated rings. The van der Waals surface area contributed by atoms with Gasteiger partial charge in [0.15, 0.2) is 0 Å². The summed E-state index contributed by atoms with van der Waals surface area (Å²) in [6, 6.07) is 0. The molecule has 0 N–H and O–H groups in total. The van der Waals surface area contributed by atoms with Crippen molar-refractivity contribution in [1.82, 2.24) is 0 Å². The van der Waals surface area contributed by atoms with E-state index < -0.39 is 0 Å². The van der Waals surface area contributed by atoms with Gasteiger partial charge < -0.3 is 0 Å². The number of rotatable bonds is 3. The quantitative estimate of drug-likeness (QED) is 0.577. The van der Waals surface area contributed by atoms with Crippen LogP contribution in [0.2, 0.25) is 0 Å². The van der Waals surface area contributed by atoms with Crippen LogP contribution in [0.3, 0.4) is 0 Å². The summed E-state index contributed by atoms with van der Waals surface area (Å²) < 4.78 is 0. The van der Waals surface area contributed by atoms with Crippen molar-refractivity contribution in [1.29, 1.82) is 0 Å². The highest BCUT2D eigenvalue weighted by atomic mass is 14.4. The Labute approximate surface area is 93.8 Å². The Hall–Kier alpha value is -0.780. The van der Waals surface area contributed by atoms with Gasteiger partial charge in [0.1, 0.15) is 0 Å². The summed E-state index contributed by atoms with van der Waals surface area (Å²) in [6.45, 7) is 4.76. The molecule has 0 aliphatic heterocycles. The number of hydrogen-bond donors (Lipinski definition) is 0. The van der Waals surface area contributed by atoms with E-state index in [0.717, 1.165) is 0 Å². The SMILES string of the molecule is CCC(C)(C1=CC=CC1)C1=CCCCC1. The average Bonchev–Trinajstić information content (AvgIpc) is 2.83. The first-order valence-corrected chi connectivity index (χ1v) is 6.33. The van der Waals surface area contributed by atoms with E-state index in [1.54, 1.807) is 11.1 Å². The fourth-order valence-corrected chi connectivity index (χ4v) is 2.86. The first-order chi connectivity index (χ1) is 7.27. The van der Waals surface area contributed by atoms with E-state index in [1.807, 2.05) is 0 Å². The first kappa shape index (κ1) is 10.7. The monoisotopic (exact) mass is 202 g/mol. The van der Waals surface area contributed by atoms with Gasteiger partial charge in [0.25, 0.3) is 0 Å². The van der Waals surface area contributed by atoms with E-state index in [9.17, 15) is 0 Å². The molecule has 2 rings (SSSR count). The molecular weight excluding hydrogens is 180 g/mol. The minimum atomic E-state index is 0.351. The maximum Gasteiger partial charge on any atom is 0.00958 e. The van der Waals surface area contributed by atoms with Crippen molar-refractivity contribution < 1.29 is 0 Å². The van der Waals surface area contributed by atoms with E-state index in [4.69, 9.17) is 0 Å². The van der Waals surface area contributed by atoms with E-state index in [1.165, 1.54) is 38.5 Å². The molecule has 0 spiro atoms. The minimum Gasteiger partial charge on any atom is -0.0845 e. The summed E-state index contributed by atoms with van der Waals surface area (Å²) >= 11 is 0. The van der Waals surface area contributed by atoms with Crippen LogP contribution in [0.5, 0.6) is 0 Å². The zero-order chi connectivity index (χ0) is 10.7. The first-order valence-electron chi connectivity index (χ1n) is 6.33. The molecule has 0 aromatic heterocycles. The molecule has 1 unspecified atom stereocenters. The molecule has 0 aromatic rings. The van der Waals surface area contributed by atoms with Gasteiger partial charge in [-0.1, -0.05) is 49.3 Å². The van der Waals surface area contributed by atoms with Gasteiger partial charge >= 0.3 is 0 Å². The van der Waals surface area contributed by atoms with E-state index >= 15 is 0 Å². The highest BCUT2D eigenvalue weighted by Crippen LogP contribution is 2.45. The van der Waals surface area contributed by atoms with Crippen LogP contribution in [0.25, 0.3) is 0 Å². The van der Waals surface area contributed by atoms with Gasteiger partial charge in [-0.25, -0.2) is 0 Å². The lowest BCUT2D eigenvalue weighted by Gasteiger charge is -2.35. The Kier molecular flexibility index (Phi) is 3.14. The van der Waals surface area contributed by atoms with Gasteiger partial charge in [-0.15, -0.1) is 0 Å². The largest absolute Gasteiger partial charge is 0.0845 e. The van der Waals surface area contributed by atoms with E-state index in [2.05, 4.69) is 38.2 Å². The number of hydrogen-bond acceptors (Lipinski definition) is 0. The Morgan fingerprint density at radius 2 is 2.13 bits per heavy atom. The molecule has 0 saturated carbocycles. The molecule has 0 radical (unpaired) electrons. The molecule has 0 aromatic carbocycles. The van der Waals surface area contributed by atoms with Crippen molar-refractivity contribution >= 4 is 0 Å². The highest BCUT2D eigenvalue weighted by molar-refractivity contribution is 5.36. The molecule has 0 heterocycles.